The van der Waals surface area contributed by atoms with Gasteiger partial charge in [0.15, 0.2) is 0 Å². The lowest BCUT2D eigenvalue weighted by atomic mass is 10.1. The maximum absolute atomic E-state index is 10.7. The lowest BCUT2D eigenvalue weighted by Crippen LogP contribution is -2.06. The maximum Gasteiger partial charge on any atom is 0.310 e. The van der Waals surface area contributed by atoms with E-state index in [-0.39, 0.29) is 5.92 Å². The van der Waals surface area contributed by atoms with E-state index in [0.717, 1.165) is 24.0 Å². The second kappa shape index (κ2) is 3.66. The SMILES string of the molecule is O=C(O)C1C=C(c2ccccc2)CC1. The van der Waals surface area contributed by atoms with Gasteiger partial charge < -0.3 is 5.11 Å². The van der Waals surface area contributed by atoms with Crippen molar-refractivity contribution in [2.45, 2.75) is 12.8 Å². The topological polar surface area (TPSA) is 37.3 Å². The van der Waals surface area contributed by atoms with Gasteiger partial charge in [-0.2, -0.15) is 0 Å². The summed E-state index contributed by atoms with van der Waals surface area (Å²) in [7, 11) is 0. The van der Waals surface area contributed by atoms with Crippen molar-refractivity contribution in [2.75, 3.05) is 0 Å². The standard InChI is InChI=1S/C12H12O2/c13-12(14)11-7-6-10(8-11)9-4-2-1-3-5-9/h1-5,8,11H,6-7H2,(H,13,14). The molecule has 1 aliphatic rings. The summed E-state index contributed by atoms with van der Waals surface area (Å²) in [5.74, 6) is -0.999. The molecule has 1 aromatic rings. The summed E-state index contributed by atoms with van der Waals surface area (Å²) in [6.45, 7) is 0. The van der Waals surface area contributed by atoms with Gasteiger partial charge >= 0.3 is 5.97 Å². The van der Waals surface area contributed by atoms with Gasteiger partial charge in [0, 0.05) is 0 Å². The summed E-state index contributed by atoms with van der Waals surface area (Å²) >= 11 is 0. The van der Waals surface area contributed by atoms with Gasteiger partial charge in [-0.3, -0.25) is 4.79 Å². The monoisotopic (exact) mass is 188 g/mol. The number of hydrogen-bond acceptors (Lipinski definition) is 1. The molecule has 1 aliphatic carbocycles. The van der Waals surface area contributed by atoms with E-state index in [9.17, 15) is 4.79 Å². The first-order valence-electron chi connectivity index (χ1n) is 4.76. The molecule has 2 heteroatoms. The van der Waals surface area contributed by atoms with Crippen LogP contribution in [0.1, 0.15) is 18.4 Å². The van der Waals surface area contributed by atoms with E-state index in [1.165, 1.54) is 0 Å². The van der Waals surface area contributed by atoms with Crippen LogP contribution in [0.4, 0.5) is 0 Å². The molecule has 2 nitrogen and oxygen atoms in total. The van der Waals surface area contributed by atoms with Gasteiger partial charge in [0.2, 0.25) is 0 Å². The highest BCUT2D eigenvalue weighted by Gasteiger charge is 2.22. The van der Waals surface area contributed by atoms with Crippen molar-refractivity contribution in [3.05, 3.63) is 42.0 Å². The predicted molar refractivity (Wildman–Crippen MR) is 54.8 cm³/mol. The number of carbonyl (C=O) groups is 1. The Morgan fingerprint density at radius 1 is 1.29 bits per heavy atom. The molecule has 1 atom stereocenters. The summed E-state index contributed by atoms with van der Waals surface area (Å²) in [6.07, 6.45) is 3.48. The van der Waals surface area contributed by atoms with Crippen LogP contribution >= 0.6 is 0 Å². The minimum absolute atomic E-state index is 0.287. The normalized spacial score (nSPS) is 20.6. The van der Waals surface area contributed by atoms with Gasteiger partial charge in [0.1, 0.15) is 0 Å². The third-order valence-corrected chi connectivity index (χ3v) is 2.59. The third-order valence-electron chi connectivity index (χ3n) is 2.59. The fraction of sp³-hybridized carbons (Fsp3) is 0.250. The van der Waals surface area contributed by atoms with Crippen LogP contribution in [0, 0.1) is 5.92 Å². The van der Waals surface area contributed by atoms with E-state index in [4.69, 9.17) is 5.11 Å². The molecule has 0 radical (unpaired) electrons. The summed E-state index contributed by atoms with van der Waals surface area (Å²) < 4.78 is 0. The first kappa shape index (κ1) is 9.00. The lowest BCUT2D eigenvalue weighted by Gasteiger charge is -1.99. The van der Waals surface area contributed by atoms with Crippen molar-refractivity contribution in [3.8, 4) is 0 Å². The largest absolute Gasteiger partial charge is 0.481 e. The molecule has 1 unspecified atom stereocenters. The van der Waals surface area contributed by atoms with Crippen LogP contribution in [0.15, 0.2) is 36.4 Å². The molecule has 1 N–H and O–H groups in total. The average molecular weight is 188 g/mol. The van der Waals surface area contributed by atoms with Gasteiger partial charge in [-0.1, -0.05) is 36.4 Å². The minimum Gasteiger partial charge on any atom is -0.481 e. The van der Waals surface area contributed by atoms with Gasteiger partial charge in [-0.25, -0.2) is 0 Å². The Hall–Kier alpha value is -1.57. The smallest absolute Gasteiger partial charge is 0.310 e. The molecule has 14 heavy (non-hydrogen) atoms. The molecule has 0 amide bonds. The van der Waals surface area contributed by atoms with Crippen LogP contribution in [0.2, 0.25) is 0 Å². The number of carboxylic acids is 1. The van der Waals surface area contributed by atoms with E-state index in [0.29, 0.717) is 0 Å². The zero-order chi connectivity index (χ0) is 9.97. The van der Waals surface area contributed by atoms with Crippen LogP contribution in [0.5, 0.6) is 0 Å². The fourth-order valence-electron chi connectivity index (χ4n) is 1.81. The zero-order valence-electron chi connectivity index (χ0n) is 7.81. The van der Waals surface area contributed by atoms with Crippen molar-refractivity contribution < 1.29 is 9.90 Å². The van der Waals surface area contributed by atoms with Gasteiger partial charge in [0.05, 0.1) is 5.92 Å². The first-order chi connectivity index (χ1) is 6.77. The molecule has 0 fully saturated rings. The molecule has 0 spiro atoms. The second-order valence-corrected chi connectivity index (χ2v) is 3.54. The Kier molecular flexibility index (Phi) is 2.35. The highest BCUT2D eigenvalue weighted by molar-refractivity contribution is 5.79. The summed E-state index contributed by atoms with van der Waals surface area (Å²) in [4.78, 5) is 10.7. The fourth-order valence-corrected chi connectivity index (χ4v) is 1.81. The van der Waals surface area contributed by atoms with Crippen molar-refractivity contribution in [3.63, 3.8) is 0 Å². The Labute approximate surface area is 82.9 Å². The quantitative estimate of drug-likeness (QED) is 0.774. The molecule has 0 heterocycles. The Bertz CT molecular complexity index is 365. The first-order valence-corrected chi connectivity index (χ1v) is 4.76. The average Bonchev–Trinajstić information content (AvgIpc) is 2.68. The van der Waals surface area contributed by atoms with E-state index in [2.05, 4.69) is 0 Å². The summed E-state index contributed by atoms with van der Waals surface area (Å²) in [6, 6.07) is 9.97. The number of carboxylic acid groups (broad SMARTS) is 1. The van der Waals surface area contributed by atoms with Gasteiger partial charge in [-0.15, -0.1) is 0 Å². The van der Waals surface area contributed by atoms with Crippen LogP contribution < -0.4 is 0 Å². The summed E-state index contributed by atoms with van der Waals surface area (Å²) in [5.41, 5.74) is 2.31. The lowest BCUT2D eigenvalue weighted by molar-refractivity contribution is -0.140. The highest BCUT2D eigenvalue weighted by atomic mass is 16.4. The zero-order valence-corrected chi connectivity index (χ0v) is 7.81. The number of hydrogen-bond donors (Lipinski definition) is 1. The third kappa shape index (κ3) is 1.69. The molecule has 0 aromatic heterocycles. The van der Waals surface area contributed by atoms with E-state index in [1.807, 2.05) is 36.4 Å². The number of rotatable bonds is 2. The number of aliphatic carboxylic acids is 1. The van der Waals surface area contributed by atoms with Crippen LogP contribution in [-0.2, 0) is 4.79 Å². The number of allylic oxidation sites excluding steroid dienone is 1. The molecule has 72 valence electrons. The molecule has 0 saturated carbocycles. The van der Waals surface area contributed by atoms with Crippen molar-refractivity contribution in [2.24, 2.45) is 5.92 Å². The van der Waals surface area contributed by atoms with Crippen molar-refractivity contribution in [1.82, 2.24) is 0 Å². The molecule has 0 bridgehead atoms. The Morgan fingerprint density at radius 2 is 2.00 bits per heavy atom. The van der Waals surface area contributed by atoms with Crippen LogP contribution in [0.3, 0.4) is 0 Å². The van der Waals surface area contributed by atoms with E-state index < -0.39 is 5.97 Å². The predicted octanol–water partition coefficient (Wildman–Crippen LogP) is 2.56. The molecular formula is C12H12O2. The highest BCUT2D eigenvalue weighted by Crippen LogP contribution is 2.31. The molecule has 2 rings (SSSR count). The van der Waals surface area contributed by atoms with Crippen molar-refractivity contribution >= 4 is 11.5 Å². The second-order valence-electron chi connectivity index (χ2n) is 3.54. The van der Waals surface area contributed by atoms with Gasteiger partial charge in [0.25, 0.3) is 0 Å². The molecule has 1 aromatic carbocycles. The van der Waals surface area contributed by atoms with Crippen LogP contribution in [-0.4, -0.2) is 11.1 Å². The van der Waals surface area contributed by atoms with Crippen LogP contribution in [0.25, 0.3) is 5.57 Å². The Morgan fingerprint density at radius 3 is 2.57 bits per heavy atom. The Balaban J connectivity index is 2.22. The van der Waals surface area contributed by atoms with E-state index >= 15 is 0 Å². The van der Waals surface area contributed by atoms with E-state index in [1.54, 1.807) is 0 Å². The maximum atomic E-state index is 10.7. The molecule has 0 aliphatic heterocycles. The molecular weight excluding hydrogens is 176 g/mol. The summed E-state index contributed by atoms with van der Waals surface area (Å²) in [5, 5.41) is 8.83. The minimum atomic E-state index is -0.712. The number of benzene rings is 1. The molecule has 0 saturated heterocycles. The van der Waals surface area contributed by atoms with Gasteiger partial charge in [-0.05, 0) is 24.0 Å². The van der Waals surface area contributed by atoms with Crippen molar-refractivity contribution in [1.29, 1.82) is 0 Å².